The molecule has 6 heteroatoms. The van der Waals surface area contributed by atoms with Gasteiger partial charge in [-0.15, -0.1) is 0 Å². The molecule has 1 heterocycles. The van der Waals surface area contributed by atoms with Crippen LogP contribution in [-0.2, 0) is 10.0 Å². The Kier molecular flexibility index (Phi) is 3.50. The van der Waals surface area contributed by atoms with Gasteiger partial charge in [0.05, 0.1) is 11.1 Å². The fourth-order valence-electron chi connectivity index (χ4n) is 2.15. The van der Waals surface area contributed by atoms with Crippen LogP contribution >= 0.6 is 23.2 Å². The molecule has 0 amide bonds. The summed E-state index contributed by atoms with van der Waals surface area (Å²) in [6.45, 7) is 0.477. The first kappa shape index (κ1) is 13.9. The average Bonchev–Trinajstić information content (AvgIpc) is 3.20. The maximum absolute atomic E-state index is 12.5. The molecule has 0 radical (unpaired) electrons. The Balaban J connectivity index is 1.91. The molecule has 0 aliphatic carbocycles. The largest absolute Gasteiger partial charge is 0.245 e. The summed E-state index contributed by atoms with van der Waals surface area (Å²) in [5, 5.41) is 0.565. The summed E-state index contributed by atoms with van der Waals surface area (Å²) < 4.78 is 26.4. The molecular weight excluding hydrogens is 317 g/mol. The van der Waals surface area contributed by atoms with Crippen molar-refractivity contribution in [2.24, 2.45) is 0 Å². The highest BCUT2D eigenvalue weighted by atomic mass is 35.5. The molecule has 2 aromatic carbocycles. The van der Waals surface area contributed by atoms with Gasteiger partial charge in [-0.05, 0) is 23.8 Å². The number of nitrogens with zero attached hydrogens (tertiary/aromatic N) is 1. The van der Waals surface area contributed by atoms with E-state index in [1.165, 1.54) is 22.5 Å². The molecule has 1 unspecified atom stereocenters. The molecule has 2 aromatic rings. The van der Waals surface area contributed by atoms with Crippen LogP contribution in [0.4, 0.5) is 0 Å². The van der Waals surface area contributed by atoms with Gasteiger partial charge < -0.3 is 0 Å². The monoisotopic (exact) mass is 327 g/mol. The van der Waals surface area contributed by atoms with Crippen molar-refractivity contribution >= 4 is 33.2 Å². The smallest absolute Gasteiger partial charge is 0.207 e. The second-order valence-electron chi connectivity index (χ2n) is 4.58. The molecule has 0 saturated carbocycles. The van der Waals surface area contributed by atoms with Gasteiger partial charge in [0.1, 0.15) is 4.90 Å². The highest BCUT2D eigenvalue weighted by molar-refractivity contribution is 7.89. The van der Waals surface area contributed by atoms with Crippen molar-refractivity contribution in [1.82, 2.24) is 4.31 Å². The first-order valence-corrected chi connectivity index (χ1v) is 8.21. The molecule has 1 aliphatic rings. The van der Waals surface area contributed by atoms with E-state index in [4.69, 9.17) is 23.2 Å². The molecular formula is C14H11Cl2NO2S. The molecule has 1 fully saturated rings. The normalized spacial score (nSPS) is 21.7. The predicted molar refractivity (Wildman–Crippen MR) is 79.5 cm³/mol. The summed E-state index contributed by atoms with van der Waals surface area (Å²) >= 11 is 11.8. The van der Waals surface area contributed by atoms with E-state index in [0.29, 0.717) is 11.6 Å². The quantitative estimate of drug-likeness (QED) is 0.805. The highest BCUT2D eigenvalue weighted by Gasteiger charge is 2.46. The zero-order valence-electron chi connectivity index (χ0n) is 10.3. The van der Waals surface area contributed by atoms with Gasteiger partial charge >= 0.3 is 0 Å². The third kappa shape index (κ3) is 2.44. The summed E-state index contributed by atoms with van der Waals surface area (Å²) in [6, 6.07) is 13.8. The van der Waals surface area contributed by atoms with Crippen LogP contribution in [0.3, 0.4) is 0 Å². The Bertz CT molecular complexity index is 747. The van der Waals surface area contributed by atoms with Gasteiger partial charge in [0.2, 0.25) is 10.0 Å². The number of sulfonamides is 1. The van der Waals surface area contributed by atoms with Gasteiger partial charge in [-0.25, -0.2) is 8.42 Å². The van der Waals surface area contributed by atoms with E-state index in [0.717, 1.165) is 5.56 Å². The van der Waals surface area contributed by atoms with E-state index in [9.17, 15) is 8.42 Å². The van der Waals surface area contributed by atoms with Crippen molar-refractivity contribution in [2.45, 2.75) is 10.9 Å². The Morgan fingerprint density at radius 1 is 1.05 bits per heavy atom. The number of halogens is 2. The molecule has 1 aliphatic heterocycles. The van der Waals surface area contributed by atoms with E-state index in [1.807, 2.05) is 30.3 Å². The van der Waals surface area contributed by atoms with Crippen molar-refractivity contribution in [3.05, 3.63) is 64.1 Å². The maximum Gasteiger partial charge on any atom is 0.245 e. The van der Waals surface area contributed by atoms with Crippen molar-refractivity contribution < 1.29 is 8.42 Å². The van der Waals surface area contributed by atoms with Crippen molar-refractivity contribution in [2.75, 3.05) is 6.54 Å². The fraction of sp³-hybridized carbons (Fsp3) is 0.143. The van der Waals surface area contributed by atoms with Crippen molar-refractivity contribution in [3.8, 4) is 0 Å². The van der Waals surface area contributed by atoms with Crippen LogP contribution in [0.1, 0.15) is 11.6 Å². The standard InChI is InChI=1S/C14H11Cl2NO2S/c15-11-6-7-14(12(16)8-11)20(18,19)17-9-13(17)10-4-2-1-3-5-10/h1-8,13H,9H2/t13-,17?/m0/s1. The second kappa shape index (κ2) is 5.04. The van der Waals surface area contributed by atoms with Crippen LogP contribution in [0, 0.1) is 0 Å². The second-order valence-corrected chi connectivity index (χ2v) is 7.28. The Labute approximate surface area is 127 Å². The Morgan fingerprint density at radius 3 is 2.40 bits per heavy atom. The lowest BCUT2D eigenvalue weighted by atomic mass is 10.2. The number of hydrogen-bond acceptors (Lipinski definition) is 2. The van der Waals surface area contributed by atoms with E-state index < -0.39 is 10.0 Å². The minimum Gasteiger partial charge on any atom is -0.207 e. The molecule has 3 rings (SSSR count). The van der Waals surface area contributed by atoms with E-state index >= 15 is 0 Å². The number of hydrogen-bond donors (Lipinski definition) is 0. The van der Waals surface area contributed by atoms with Gasteiger partial charge in [0.15, 0.2) is 0 Å². The van der Waals surface area contributed by atoms with Gasteiger partial charge in [0, 0.05) is 11.6 Å². The lowest BCUT2D eigenvalue weighted by molar-refractivity contribution is 0.554. The topological polar surface area (TPSA) is 37.1 Å². The zero-order chi connectivity index (χ0) is 14.3. The highest BCUT2D eigenvalue weighted by Crippen LogP contribution is 2.41. The average molecular weight is 328 g/mol. The Hall–Kier alpha value is -1.07. The summed E-state index contributed by atoms with van der Waals surface area (Å²) in [6.07, 6.45) is 0. The molecule has 20 heavy (non-hydrogen) atoms. The van der Waals surface area contributed by atoms with Crippen molar-refractivity contribution in [3.63, 3.8) is 0 Å². The number of benzene rings is 2. The first-order chi connectivity index (χ1) is 9.50. The summed E-state index contributed by atoms with van der Waals surface area (Å²) in [4.78, 5) is 0.0991. The molecule has 104 valence electrons. The third-order valence-corrected chi connectivity index (χ3v) is 5.82. The van der Waals surface area contributed by atoms with Gasteiger partial charge in [-0.1, -0.05) is 53.5 Å². The lowest BCUT2D eigenvalue weighted by Gasteiger charge is -2.08. The summed E-state index contributed by atoms with van der Waals surface area (Å²) in [5.41, 5.74) is 0.987. The molecule has 1 saturated heterocycles. The number of rotatable bonds is 3. The van der Waals surface area contributed by atoms with Crippen LogP contribution in [0.15, 0.2) is 53.4 Å². The first-order valence-electron chi connectivity index (χ1n) is 6.02. The van der Waals surface area contributed by atoms with Gasteiger partial charge in [-0.2, -0.15) is 4.31 Å². The van der Waals surface area contributed by atoms with Crippen LogP contribution < -0.4 is 0 Å². The van der Waals surface area contributed by atoms with Gasteiger partial charge in [-0.3, -0.25) is 0 Å². The molecule has 3 nitrogen and oxygen atoms in total. The van der Waals surface area contributed by atoms with Crippen LogP contribution in [-0.4, -0.2) is 19.3 Å². The van der Waals surface area contributed by atoms with Crippen molar-refractivity contribution in [1.29, 1.82) is 0 Å². The van der Waals surface area contributed by atoms with E-state index in [1.54, 1.807) is 0 Å². The molecule has 0 bridgehead atoms. The fourth-order valence-corrected chi connectivity index (χ4v) is 4.44. The lowest BCUT2D eigenvalue weighted by Crippen LogP contribution is -2.13. The molecule has 0 N–H and O–H groups in total. The SMILES string of the molecule is O=S(=O)(c1ccc(Cl)cc1Cl)N1C[C@H]1c1ccccc1. The molecule has 2 atom stereocenters. The minimum absolute atomic E-state index is 0.0991. The van der Waals surface area contributed by atoms with Crippen LogP contribution in [0.25, 0.3) is 0 Å². The van der Waals surface area contributed by atoms with E-state index in [-0.39, 0.29) is 16.0 Å². The Morgan fingerprint density at radius 2 is 1.75 bits per heavy atom. The summed E-state index contributed by atoms with van der Waals surface area (Å²) in [7, 11) is -3.57. The minimum atomic E-state index is -3.57. The molecule has 0 spiro atoms. The van der Waals surface area contributed by atoms with Gasteiger partial charge in [0.25, 0.3) is 0 Å². The summed E-state index contributed by atoms with van der Waals surface area (Å²) in [5.74, 6) is 0. The van der Waals surface area contributed by atoms with E-state index in [2.05, 4.69) is 0 Å². The van der Waals surface area contributed by atoms with Crippen LogP contribution in [0.2, 0.25) is 10.0 Å². The van der Waals surface area contributed by atoms with Crippen LogP contribution in [0.5, 0.6) is 0 Å². The zero-order valence-corrected chi connectivity index (χ0v) is 12.7. The maximum atomic E-state index is 12.5. The third-order valence-electron chi connectivity index (χ3n) is 3.23. The predicted octanol–water partition coefficient (Wildman–Crippen LogP) is 3.74. The molecule has 0 aromatic heterocycles.